The lowest BCUT2D eigenvalue weighted by molar-refractivity contribution is -0.128. The summed E-state index contributed by atoms with van der Waals surface area (Å²) in [6.07, 6.45) is -1.75. The Morgan fingerprint density at radius 1 is 1.19 bits per heavy atom. The van der Waals surface area contributed by atoms with E-state index in [9.17, 15) is 19.2 Å². The van der Waals surface area contributed by atoms with Crippen LogP contribution in [0.5, 0.6) is 0 Å². The number of carbonyl (C=O) groups excluding carboxylic acids is 4. The minimum Gasteiger partial charge on any atom is -0.444 e. The number of hydrogen-bond acceptors (Lipinski definition) is 5. The van der Waals surface area contributed by atoms with E-state index in [1.807, 2.05) is 23.5 Å². The lowest BCUT2D eigenvalue weighted by Gasteiger charge is -2.24. The van der Waals surface area contributed by atoms with Crippen molar-refractivity contribution in [2.24, 2.45) is 0 Å². The van der Waals surface area contributed by atoms with E-state index in [4.69, 9.17) is 4.74 Å². The summed E-state index contributed by atoms with van der Waals surface area (Å²) in [4.78, 5) is 47.3. The summed E-state index contributed by atoms with van der Waals surface area (Å²) in [5.74, 6) is -1.29. The maximum Gasteiger partial charge on any atom is 0.408 e. The molecule has 1 saturated heterocycles. The third-order valence-corrected chi connectivity index (χ3v) is 3.35. The molecule has 1 aliphatic heterocycles. The second-order valence-corrected chi connectivity index (χ2v) is 6.79. The number of imide groups is 1. The van der Waals surface area contributed by atoms with Gasteiger partial charge in [0.2, 0.25) is 5.91 Å². The first-order valence-corrected chi connectivity index (χ1v) is 8.09. The Hall–Kier alpha value is -3.10. The SMILES string of the molecule is CC(C)(C)OC(=O)N[C@@H](Cc1ccccc1)C(=O)NC1NC(=O)NC1=O. The second-order valence-electron chi connectivity index (χ2n) is 6.79. The molecule has 9 heteroatoms. The summed E-state index contributed by atoms with van der Waals surface area (Å²) in [6.45, 7) is 5.12. The predicted octanol–water partition coefficient (Wildman–Crippen LogP) is 0.404. The van der Waals surface area contributed by atoms with E-state index < -0.39 is 41.7 Å². The van der Waals surface area contributed by atoms with Crippen LogP contribution in [0.3, 0.4) is 0 Å². The number of ether oxygens (including phenoxy) is 1. The zero-order valence-corrected chi connectivity index (χ0v) is 14.8. The quantitative estimate of drug-likeness (QED) is 0.564. The van der Waals surface area contributed by atoms with Crippen LogP contribution in [0.25, 0.3) is 0 Å². The summed E-state index contributed by atoms with van der Waals surface area (Å²) in [5.41, 5.74) is 0.0839. The maximum atomic E-state index is 12.5. The third-order valence-electron chi connectivity index (χ3n) is 3.35. The zero-order chi connectivity index (χ0) is 19.3. The Bertz CT molecular complexity index is 699. The molecule has 2 rings (SSSR count). The number of urea groups is 1. The molecule has 0 spiro atoms. The molecule has 1 fully saturated rings. The van der Waals surface area contributed by atoms with Crippen LogP contribution in [-0.2, 0) is 20.7 Å². The van der Waals surface area contributed by atoms with E-state index in [2.05, 4.69) is 16.0 Å². The highest BCUT2D eigenvalue weighted by molar-refractivity contribution is 6.05. The highest BCUT2D eigenvalue weighted by atomic mass is 16.6. The van der Waals surface area contributed by atoms with Gasteiger partial charge in [-0.3, -0.25) is 14.9 Å². The van der Waals surface area contributed by atoms with Gasteiger partial charge < -0.3 is 20.7 Å². The molecule has 0 saturated carbocycles. The van der Waals surface area contributed by atoms with E-state index in [1.54, 1.807) is 32.9 Å². The molecule has 2 atom stereocenters. The molecule has 1 unspecified atom stereocenters. The maximum absolute atomic E-state index is 12.5. The van der Waals surface area contributed by atoms with Crippen LogP contribution in [0.4, 0.5) is 9.59 Å². The molecule has 1 aromatic rings. The first-order chi connectivity index (χ1) is 12.1. The molecule has 1 aromatic carbocycles. The number of carbonyl (C=O) groups is 4. The summed E-state index contributed by atoms with van der Waals surface area (Å²) < 4.78 is 5.19. The Kier molecular flexibility index (Phi) is 5.81. The zero-order valence-electron chi connectivity index (χ0n) is 14.8. The van der Waals surface area contributed by atoms with Crippen molar-refractivity contribution in [2.75, 3.05) is 0 Å². The highest BCUT2D eigenvalue weighted by Gasteiger charge is 2.33. The molecular formula is C17H22N4O5. The van der Waals surface area contributed by atoms with Crippen LogP contribution < -0.4 is 21.3 Å². The summed E-state index contributed by atoms with van der Waals surface area (Å²) in [6, 6.07) is 7.38. The van der Waals surface area contributed by atoms with Crippen LogP contribution in [0.2, 0.25) is 0 Å². The molecule has 0 aromatic heterocycles. The Balaban J connectivity index is 2.08. The van der Waals surface area contributed by atoms with Gasteiger partial charge >= 0.3 is 12.1 Å². The van der Waals surface area contributed by atoms with Crippen molar-refractivity contribution in [3.8, 4) is 0 Å². The van der Waals surface area contributed by atoms with Crippen molar-refractivity contribution in [1.29, 1.82) is 0 Å². The van der Waals surface area contributed by atoms with E-state index in [-0.39, 0.29) is 6.42 Å². The smallest absolute Gasteiger partial charge is 0.408 e. The summed E-state index contributed by atoms with van der Waals surface area (Å²) in [5, 5.41) is 9.18. The van der Waals surface area contributed by atoms with Crippen molar-refractivity contribution >= 4 is 23.9 Å². The van der Waals surface area contributed by atoms with Crippen LogP contribution in [0.15, 0.2) is 30.3 Å². The van der Waals surface area contributed by atoms with Gasteiger partial charge in [-0.15, -0.1) is 0 Å². The lowest BCUT2D eigenvalue weighted by atomic mass is 10.1. The molecule has 0 radical (unpaired) electrons. The van der Waals surface area contributed by atoms with Crippen molar-refractivity contribution in [3.05, 3.63) is 35.9 Å². The van der Waals surface area contributed by atoms with Crippen molar-refractivity contribution < 1.29 is 23.9 Å². The molecule has 1 heterocycles. The van der Waals surface area contributed by atoms with Gasteiger partial charge in [-0.1, -0.05) is 30.3 Å². The van der Waals surface area contributed by atoms with Crippen molar-refractivity contribution in [1.82, 2.24) is 21.3 Å². The Morgan fingerprint density at radius 2 is 1.85 bits per heavy atom. The Labute approximate surface area is 150 Å². The van der Waals surface area contributed by atoms with Gasteiger partial charge in [0.1, 0.15) is 11.6 Å². The molecular weight excluding hydrogens is 340 g/mol. The van der Waals surface area contributed by atoms with E-state index >= 15 is 0 Å². The first-order valence-electron chi connectivity index (χ1n) is 8.09. The fraction of sp³-hybridized carbons (Fsp3) is 0.412. The van der Waals surface area contributed by atoms with Crippen LogP contribution in [0.1, 0.15) is 26.3 Å². The van der Waals surface area contributed by atoms with Gasteiger partial charge in [-0.05, 0) is 26.3 Å². The molecule has 0 bridgehead atoms. The van der Waals surface area contributed by atoms with Gasteiger partial charge in [0.25, 0.3) is 5.91 Å². The highest BCUT2D eigenvalue weighted by Crippen LogP contribution is 2.09. The van der Waals surface area contributed by atoms with Gasteiger partial charge in [0.05, 0.1) is 0 Å². The number of nitrogens with one attached hydrogen (secondary N) is 4. The molecule has 5 amide bonds. The van der Waals surface area contributed by atoms with Gasteiger partial charge in [-0.25, -0.2) is 9.59 Å². The molecule has 4 N–H and O–H groups in total. The monoisotopic (exact) mass is 362 g/mol. The van der Waals surface area contributed by atoms with Crippen molar-refractivity contribution in [2.45, 2.75) is 45.0 Å². The standard InChI is InChI=1S/C17H22N4O5/c1-17(2,3)26-16(25)18-11(9-10-7-5-4-6-8-10)13(22)19-12-14(23)21-15(24)20-12/h4-8,11-12H,9H2,1-3H3,(H,18,25)(H,19,22)(H2,20,21,23,24)/t11-,12?/m0/s1. The number of hydrogen-bond donors (Lipinski definition) is 4. The average molecular weight is 362 g/mol. The lowest BCUT2D eigenvalue weighted by Crippen LogP contribution is -2.55. The fourth-order valence-electron chi connectivity index (χ4n) is 2.27. The average Bonchev–Trinajstić information content (AvgIpc) is 2.83. The van der Waals surface area contributed by atoms with Crippen LogP contribution >= 0.6 is 0 Å². The van der Waals surface area contributed by atoms with E-state index in [0.29, 0.717) is 0 Å². The van der Waals surface area contributed by atoms with Gasteiger partial charge in [0.15, 0.2) is 6.17 Å². The van der Waals surface area contributed by atoms with Crippen LogP contribution in [0, 0.1) is 0 Å². The first kappa shape index (κ1) is 19.2. The fourth-order valence-corrected chi connectivity index (χ4v) is 2.27. The van der Waals surface area contributed by atoms with Gasteiger partial charge in [-0.2, -0.15) is 0 Å². The summed E-state index contributed by atoms with van der Waals surface area (Å²) >= 11 is 0. The minimum atomic E-state index is -1.19. The second kappa shape index (κ2) is 7.85. The topological polar surface area (TPSA) is 126 Å². The van der Waals surface area contributed by atoms with E-state index in [1.165, 1.54) is 0 Å². The number of benzene rings is 1. The predicted molar refractivity (Wildman–Crippen MR) is 91.9 cm³/mol. The Morgan fingerprint density at radius 3 is 2.38 bits per heavy atom. The number of rotatable bonds is 5. The summed E-state index contributed by atoms with van der Waals surface area (Å²) in [7, 11) is 0. The number of amides is 5. The number of alkyl carbamates (subject to hydrolysis) is 1. The van der Waals surface area contributed by atoms with E-state index in [0.717, 1.165) is 5.56 Å². The van der Waals surface area contributed by atoms with Crippen molar-refractivity contribution in [3.63, 3.8) is 0 Å². The van der Waals surface area contributed by atoms with Gasteiger partial charge in [0, 0.05) is 6.42 Å². The normalized spacial score (nSPS) is 17.7. The molecule has 1 aliphatic rings. The molecule has 0 aliphatic carbocycles. The largest absolute Gasteiger partial charge is 0.444 e. The molecule has 9 nitrogen and oxygen atoms in total. The third kappa shape index (κ3) is 5.76. The molecule has 26 heavy (non-hydrogen) atoms. The minimum absolute atomic E-state index is 0.189. The van der Waals surface area contributed by atoms with Crippen LogP contribution in [-0.4, -0.2) is 41.7 Å². The molecule has 140 valence electrons.